The molecule has 18 heavy (non-hydrogen) atoms. The maximum absolute atomic E-state index is 12.9. The molecule has 1 saturated carbocycles. The van der Waals surface area contributed by atoms with Crippen LogP contribution < -0.4 is 11.1 Å². The number of rotatable bonds is 2. The fraction of sp³-hybridized carbons (Fsp3) is 0.417. The normalized spacial score (nSPS) is 22.4. The van der Waals surface area contributed by atoms with Crippen LogP contribution in [0.15, 0.2) is 18.2 Å². The van der Waals surface area contributed by atoms with Gasteiger partial charge in [0.25, 0.3) is 0 Å². The van der Waals surface area contributed by atoms with Crippen LogP contribution in [-0.2, 0) is 4.79 Å². The number of nitrogens with one attached hydrogen (secondary N) is 1. The largest absolute Gasteiger partial charge is 0.327 e. The Hall–Kier alpha value is -0.840. The fourth-order valence-electron chi connectivity index (χ4n) is 2.12. The summed E-state index contributed by atoms with van der Waals surface area (Å²) in [5.74, 6) is -0.765. The monoisotopic (exact) mass is 292 g/mol. The first kappa shape index (κ1) is 15.2. The van der Waals surface area contributed by atoms with Crippen molar-refractivity contribution in [3.63, 3.8) is 0 Å². The van der Waals surface area contributed by atoms with Gasteiger partial charge in [-0.05, 0) is 31.0 Å². The first-order chi connectivity index (χ1) is 8.08. The summed E-state index contributed by atoms with van der Waals surface area (Å²) in [6.45, 7) is 0. The van der Waals surface area contributed by atoms with Gasteiger partial charge >= 0.3 is 0 Å². The van der Waals surface area contributed by atoms with Gasteiger partial charge in [-0.3, -0.25) is 4.79 Å². The number of carbonyl (C=O) groups is 1. The van der Waals surface area contributed by atoms with Crippen LogP contribution >= 0.6 is 24.0 Å². The van der Waals surface area contributed by atoms with Crippen molar-refractivity contribution in [3.05, 3.63) is 29.0 Å². The molecule has 3 N–H and O–H groups in total. The first-order valence-corrected chi connectivity index (χ1v) is 5.97. The minimum absolute atomic E-state index is 0. The van der Waals surface area contributed by atoms with E-state index in [4.69, 9.17) is 17.3 Å². The Labute approximate surface area is 116 Å². The van der Waals surface area contributed by atoms with Crippen molar-refractivity contribution >= 4 is 35.6 Å². The Morgan fingerprint density at radius 2 is 2.17 bits per heavy atom. The number of anilines is 1. The maximum Gasteiger partial charge on any atom is 0.229 e. The average Bonchev–Trinajstić information content (AvgIpc) is 2.70. The van der Waals surface area contributed by atoms with Gasteiger partial charge in [0.15, 0.2) is 0 Å². The van der Waals surface area contributed by atoms with E-state index in [-0.39, 0.29) is 35.3 Å². The summed E-state index contributed by atoms with van der Waals surface area (Å²) in [5.41, 5.74) is 6.34. The second-order valence-corrected chi connectivity index (χ2v) is 4.73. The lowest BCUT2D eigenvalue weighted by Crippen LogP contribution is -2.34. The number of halogens is 3. The number of amides is 1. The van der Waals surface area contributed by atoms with Crippen molar-refractivity contribution < 1.29 is 9.18 Å². The van der Waals surface area contributed by atoms with Crippen molar-refractivity contribution in [2.75, 3.05) is 5.32 Å². The second kappa shape index (κ2) is 6.36. The molecule has 2 atom stereocenters. The molecule has 0 aliphatic heterocycles. The van der Waals surface area contributed by atoms with E-state index < -0.39 is 5.82 Å². The molecule has 0 spiro atoms. The molecule has 0 heterocycles. The lowest BCUT2D eigenvalue weighted by Gasteiger charge is -2.15. The van der Waals surface area contributed by atoms with E-state index in [1.54, 1.807) is 0 Å². The van der Waals surface area contributed by atoms with Gasteiger partial charge in [-0.2, -0.15) is 0 Å². The first-order valence-electron chi connectivity index (χ1n) is 5.59. The summed E-state index contributed by atoms with van der Waals surface area (Å²) in [4.78, 5) is 11.9. The summed E-state index contributed by atoms with van der Waals surface area (Å²) >= 11 is 5.63. The van der Waals surface area contributed by atoms with Crippen LogP contribution in [0.2, 0.25) is 5.02 Å². The van der Waals surface area contributed by atoms with E-state index in [9.17, 15) is 9.18 Å². The summed E-state index contributed by atoms with van der Waals surface area (Å²) in [6, 6.07) is 4.03. The molecule has 2 unspecified atom stereocenters. The molecule has 3 nitrogen and oxygen atoms in total. The molecule has 6 heteroatoms. The van der Waals surface area contributed by atoms with Gasteiger partial charge in [0.1, 0.15) is 5.82 Å². The number of nitrogens with two attached hydrogens (primary N) is 1. The maximum atomic E-state index is 12.9. The van der Waals surface area contributed by atoms with E-state index in [0.717, 1.165) is 19.3 Å². The van der Waals surface area contributed by atoms with Crippen LogP contribution in [0.3, 0.4) is 0 Å². The molecule has 0 aromatic heterocycles. The minimum atomic E-state index is -0.498. The van der Waals surface area contributed by atoms with Gasteiger partial charge in [0.05, 0.1) is 10.9 Å². The van der Waals surface area contributed by atoms with Crippen molar-refractivity contribution in [2.45, 2.75) is 25.3 Å². The van der Waals surface area contributed by atoms with E-state index in [0.29, 0.717) is 5.69 Å². The standard InChI is InChI=1S/C12H14ClFN2O.ClH/c13-9-6-7(4-5-10(9)14)16-12(17)8-2-1-3-11(8)15;/h4-6,8,11H,1-3,15H2,(H,16,17);1H. The van der Waals surface area contributed by atoms with Crippen LogP contribution in [0.25, 0.3) is 0 Å². The summed E-state index contributed by atoms with van der Waals surface area (Å²) in [5, 5.41) is 2.71. The van der Waals surface area contributed by atoms with Gasteiger partial charge in [0.2, 0.25) is 5.91 Å². The van der Waals surface area contributed by atoms with E-state index in [1.165, 1.54) is 18.2 Å². The van der Waals surface area contributed by atoms with Crippen LogP contribution in [0.4, 0.5) is 10.1 Å². The third-order valence-electron chi connectivity index (χ3n) is 3.09. The molecule has 0 bridgehead atoms. The third-order valence-corrected chi connectivity index (χ3v) is 3.38. The molecule has 100 valence electrons. The molecule has 1 aromatic rings. The third kappa shape index (κ3) is 3.34. The second-order valence-electron chi connectivity index (χ2n) is 4.32. The Morgan fingerprint density at radius 3 is 2.72 bits per heavy atom. The molecule has 0 saturated heterocycles. The van der Waals surface area contributed by atoms with E-state index in [2.05, 4.69) is 5.32 Å². The molecule has 1 fully saturated rings. The van der Waals surface area contributed by atoms with Crippen LogP contribution in [0, 0.1) is 11.7 Å². The molecule has 1 aliphatic rings. The molecule has 2 rings (SSSR count). The SMILES string of the molecule is Cl.NC1CCCC1C(=O)Nc1ccc(F)c(Cl)c1. The van der Waals surface area contributed by atoms with Gasteiger partial charge < -0.3 is 11.1 Å². The highest BCUT2D eigenvalue weighted by Crippen LogP contribution is 2.26. The molecule has 1 aromatic carbocycles. The van der Waals surface area contributed by atoms with Crippen LogP contribution in [-0.4, -0.2) is 11.9 Å². The lowest BCUT2D eigenvalue weighted by atomic mass is 10.0. The van der Waals surface area contributed by atoms with E-state index >= 15 is 0 Å². The summed E-state index contributed by atoms with van der Waals surface area (Å²) < 4.78 is 12.9. The number of hydrogen-bond acceptors (Lipinski definition) is 2. The molecule has 1 amide bonds. The van der Waals surface area contributed by atoms with Crippen LogP contribution in [0.5, 0.6) is 0 Å². The van der Waals surface area contributed by atoms with Gasteiger partial charge in [-0.1, -0.05) is 18.0 Å². The minimum Gasteiger partial charge on any atom is -0.327 e. The van der Waals surface area contributed by atoms with Crippen LogP contribution in [0.1, 0.15) is 19.3 Å². The molecule has 1 aliphatic carbocycles. The highest BCUT2D eigenvalue weighted by molar-refractivity contribution is 6.31. The zero-order valence-corrected chi connectivity index (χ0v) is 11.2. The lowest BCUT2D eigenvalue weighted by molar-refractivity contribution is -0.120. The highest BCUT2D eigenvalue weighted by Gasteiger charge is 2.30. The average molecular weight is 293 g/mol. The Kier molecular flexibility index (Phi) is 5.38. The van der Waals surface area contributed by atoms with Crippen molar-refractivity contribution in [1.29, 1.82) is 0 Å². The van der Waals surface area contributed by atoms with Crippen molar-refractivity contribution in [1.82, 2.24) is 0 Å². The topological polar surface area (TPSA) is 55.1 Å². The number of hydrogen-bond donors (Lipinski definition) is 2. The van der Waals surface area contributed by atoms with Gasteiger partial charge in [-0.25, -0.2) is 4.39 Å². The summed E-state index contributed by atoms with van der Waals surface area (Å²) in [7, 11) is 0. The zero-order chi connectivity index (χ0) is 12.4. The zero-order valence-electron chi connectivity index (χ0n) is 9.66. The highest BCUT2D eigenvalue weighted by atomic mass is 35.5. The summed E-state index contributed by atoms with van der Waals surface area (Å²) in [6.07, 6.45) is 2.66. The van der Waals surface area contributed by atoms with Gasteiger partial charge in [0, 0.05) is 11.7 Å². The molecule has 0 radical (unpaired) electrons. The quantitative estimate of drug-likeness (QED) is 0.880. The van der Waals surface area contributed by atoms with E-state index in [1.807, 2.05) is 0 Å². The number of benzene rings is 1. The Balaban J connectivity index is 0.00000162. The predicted octanol–water partition coefficient (Wildman–Crippen LogP) is 2.97. The molecular weight excluding hydrogens is 278 g/mol. The predicted molar refractivity (Wildman–Crippen MR) is 72.6 cm³/mol. The Bertz CT molecular complexity index is 442. The van der Waals surface area contributed by atoms with Gasteiger partial charge in [-0.15, -0.1) is 12.4 Å². The smallest absolute Gasteiger partial charge is 0.229 e. The van der Waals surface area contributed by atoms with Crippen molar-refractivity contribution in [3.8, 4) is 0 Å². The number of carbonyl (C=O) groups excluding carboxylic acids is 1. The fourth-order valence-corrected chi connectivity index (χ4v) is 2.30. The van der Waals surface area contributed by atoms with Crippen molar-refractivity contribution in [2.24, 2.45) is 11.7 Å². The Morgan fingerprint density at radius 1 is 1.44 bits per heavy atom. The molecular formula is C12H15Cl2FN2O.